The van der Waals surface area contributed by atoms with Crippen LogP contribution in [0.25, 0.3) is 0 Å². The maximum absolute atomic E-state index is 11.7. The lowest BCUT2D eigenvalue weighted by Crippen LogP contribution is -2.42. The highest BCUT2D eigenvalue weighted by Gasteiger charge is 2.29. The van der Waals surface area contributed by atoms with Gasteiger partial charge in [-0.05, 0) is 18.8 Å². The highest BCUT2D eigenvalue weighted by Crippen LogP contribution is 2.18. The number of ether oxygens (including phenoxy) is 1. The second-order valence-electron chi connectivity index (χ2n) is 4.98. The molecule has 0 bridgehead atoms. The van der Waals surface area contributed by atoms with Gasteiger partial charge in [0, 0.05) is 13.1 Å². The number of carbonyl (C=O) groups is 2. The molecule has 0 aliphatic carbocycles. The first-order chi connectivity index (χ1) is 8.52. The molecule has 4 N–H and O–H groups in total. The Morgan fingerprint density at radius 3 is 2.61 bits per heavy atom. The van der Waals surface area contributed by atoms with Gasteiger partial charge in [0.1, 0.15) is 6.10 Å². The minimum Gasteiger partial charge on any atom is -0.364 e. The predicted octanol–water partition coefficient (Wildman–Crippen LogP) is -0.619. The van der Waals surface area contributed by atoms with Gasteiger partial charge in [-0.3, -0.25) is 9.59 Å². The van der Waals surface area contributed by atoms with Crippen molar-refractivity contribution >= 4 is 11.8 Å². The second-order valence-corrected chi connectivity index (χ2v) is 4.98. The van der Waals surface area contributed by atoms with Crippen LogP contribution in [0.4, 0.5) is 0 Å². The summed E-state index contributed by atoms with van der Waals surface area (Å²) in [6.07, 6.45) is 0.974. The molecular formula is C12H23N3O3. The normalized spacial score (nSPS) is 23.1. The van der Waals surface area contributed by atoms with Gasteiger partial charge in [-0.15, -0.1) is 0 Å². The number of hydrogen-bond donors (Lipinski definition) is 3. The molecule has 1 saturated heterocycles. The molecule has 0 aromatic heterocycles. The van der Waals surface area contributed by atoms with E-state index in [0.29, 0.717) is 25.4 Å². The van der Waals surface area contributed by atoms with E-state index >= 15 is 0 Å². The predicted molar refractivity (Wildman–Crippen MR) is 67.8 cm³/mol. The van der Waals surface area contributed by atoms with Crippen molar-refractivity contribution in [2.24, 2.45) is 11.7 Å². The fraction of sp³-hybridized carbons (Fsp3) is 0.833. The van der Waals surface area contributed by atoms with Crippen LogP contribution in [-0.4, -0.2) is 43.7 Å². The van der Waals surface area contributed by atoms with Crippen LogP contribution in [0.5, 0.6) is 0 Å². The highest BCUT2D eigenvalue weighted by atomic mass is 16.5. The summed E-state index contributed by atoms with van der Waals surface area (Å²) in [6, 6.07) is 0. The average molecular weight is 257 g/mol. The Hall–Kier alpha value is -1.14. The maximum Gasteiger partial charge on any atom is 0.249 e. The van der Waals surface area contributed by atoms with Gasteiger partial charge in [0.15, 0.2) is 0 Å². The topological polar surface area (TPSA) is 93.5 Å². The fourth-order valence-electron chi connectivity index (χ4n) is 1.73. The van der Waals surface area contributed by atoms with Crippen LogP contribution in [0, 0.1) is 5.92 Å². The van der Waals surface area contributed by atoms with Crippen molar-refractivity contribution in [1.29, 1.82) is 0 Å². The third-order valence-corrected chi connectivity index (χ3v) is 2.79. The molecule has 0 saturated carbocycles. The van der Waals surface area contributed by atoms with Crippen LogP contribution in [0.2, 0.25) is 0 Å². The Morgan fingerprint density at radius 2 is 2.06 bits per heavy atom. The molecule has 1 fully saturated rings. The van der Waals surface area contributed by atoms with Gasteiger partial charge in [0.25, 0.3) is 0 Å². The average Bonchev–Trinajstić information content (AvgIpc) is 2.82. The van der Waals surface area contributed by atoms with Crippen LogP contribution in [0.1, 0.15) is 26.7 Å². The van der Waals surface area contributed by atoms with E-state index in [1.807, 2.05) is 13.8 Å². The second kappa shape index (κ2) is 7.33. The quantitative estimate of drug-likeness (QED) is 0.591. The van der Waals surface area contributed by atoms with Gasteiger partial charge in [-0.1, -0.05) is 13.8 Å². The van der Waals surface area contributed by atoms with Crippen molar-refractivity contribution in [2.45, 2.75) is 38.9 Å². The largest absolute Gasteiger partial charge is 0.364 e. The van der Waals surface area contributed by atoms with Crippen molar-refractivity contribution in [3.05, 3.63) is 0 Å². The van der Waals surface area contributed by atoms with Crippen LogP contribution in [0.3, 0.4) is 0 Å². The maximum atomic E-state index is 11.7. The zero-order valence-electron chi connectivity index (χ0n) is 11.1. The summed E-state index contributed by atoms with van der Waals surface area (Å²) in [5.41, 5.74) is 5.47. The molecule has 0 spiro atoms. The lowest BCUT2D eigenvalue weighted by molar-refractivity contribution is -0.133. The summed E-state index contributed by atoms with van der Waals surface area (Å²) in [5.74, 6) is -0.0100. The SMILES string of the molecule is CC(C)CNC(=O)CNC(=O)C1CCC(CN)O1. The van der Waals surface area contributed by atoms with E-state index in [1.54, 1.807) is 0 Å². The fourth-order valence-corrected chi connectivity index (χ4v) is 1.73. The molecule has 1 rings (SSSR count). The third-order valence-electron chi connectivity index (χ3n) is 2.79. The Kier molecular flexibility index (Phi) is 6.07. The molecule has 0 aromatic rings. The molecule has 0 aromatic carbocycles. The summed E-state index contributed by atoms with van der Waals surface area (Å²) in [5, 5.41) is 5.31. The van der Waals surface area contributed by atoms with Crippen molar-refractivity contribution in [1.82, 2.24) is 10.6 Å². The van der Waals surface area contributed by atoms with Crippen molar-refractivity contribution < 1.29 is 14.3 Å². The standard InChI is InChI=1S/C12H23N3O3/c1-8(2)6-14-11(16)7-15-12(17)10-4-3-9(5-13)18-10/h8-10H,3-7,13H2,1-2H3,(H,14,16)(H,15,17). The Morgan fingerprint density at radius 1 is 1.33 bits per heavy atom. The molecule has 1 heterocycles. The zero-order valence-corrected chi connectivity index (χ0v) is 11.1. The first kappa shape index (κ1) is 14.9. The third kappa shape index (κ3) is 5.01. The van der Waals surface area contributed by atoms with Crippen molar-refractivity contribution in [3.63, 3.8) is 0 Å². The van der Waals surface area contributed by atoms with Gasteiger partial charge in [-0.2, -0.15) is 0 Å². The van der Waals surface area contributed by atoms with Gasteiger partial charge in [0.2, 0.25) is 11.8 Å². The molecule has 6 heteroatoms. The number of nitrogens with one attached hydrogen (secondary N) is 2. The lowest BCUT2D eigenvalue weighted by atomic mass is 10.2. The molecule has 2 unspecified atom stereocenters. The first-order valence-corrected chi connectivity index (χ1v) is 6.42. The molecular weight excluding hydrogens is 234 g/mol. The lowest BCUT2D eigenvalue weighted by Gasteiger charge is -2.13. The molecule has 0 radical (unpaired) electrons. The van der Waals surface area contributed by atoms with E-state index in [1.165, 1.54) is 0 Å². The summed E-state index contributed by atoms with van der Waals surface area (Å²) < 4.78 is 5.43. The monoisotopic (exact) mass is 257 g/mol. The van der Waals surface area contributed by atoms with Gasteiger partial charge < -0.3 is 21.1 Å². The summed E-state index contributed by atoms with van der Waals surface area (Å²) in [4.78, 5) is 23.1. The van der Waals surface area contributed by atoms with Crippen LogP contribution in [0.15, 0.2) is 0 Å². The summed E-state index contributed by atoms with van der Waals surface area (Å²) in [6.45, 7) is 5.07. The smallest absolute Gasteiger partial charge is 0.249 e. The summed E-state index contributed by atoms with van der Waals surface area (Å²) >= 11 is 0. The van der Waals surface area contributed by atoms with E-state index in [9.17, 15) is 9.59 Å². The van der Waals surface area contributed by atoms with E-state index in [0.717, 1.165) is 6.42 Å². The van der Waals surface area contributed by atoms with E-state index in [2.05, 4.69) is 10.6 Å². The molecule has 1 aliphatic heterocycles. The number of rotatable bonds is 6. The molecule has 2 atom stereocenters. The first-order valence-electron chi connectivity index (χ1n) is 6.42. The summed E-state index contributed by atoms with van der Waals surface area (Å²) in [7, 11) is 0. The number of amides is 2. The number of hydrogen-bond acceptors (Lipinski definition) is 4. The Labute approximate surface area is 108 Å². The van der Waals surface area contributed by atoms with E-state index < -0.39 is 6.10 Å². The minimum absolute atomic E-state index is 0.00128. The Balaban J connectivity index is 2.19. The minimum atomic E-state index is -0.462. The van der Waals surface area contributed by atoms with Crippen LogP contribution < -0.4 is 16.4 Å². The Bertz CT molecular complexity index is 294. The highest BCUT2D eigenvalue weighted by molar-refractivity contribution is 5.87. The van der Waals surface area contributed by atoms with E-state index in [-0.39, 0.29) is 24.5 Å². The number of carbonyl (C=O) groups excluding carboxylic acids is 2. The van der Waals surface area contributed by atoms with Gasteiger partial charge >= 0.3 is 0 Å². The molecule has 1 aliphatic rings. The van der Waals surface area contributed by atoms with Crippen molar-refractivity contribution in [2.75, 3.05) is 19.6 Å². The molecule has 6 nitrogen and oxygen atoms in total. The van der Waals surface area contributed by atoms with Crippen LogP contribution >= 0.6 is 0 Å². The van der Waals surface area contributed by atoms with Crippen molar-refractivity contribution in [3.8, 4) is 0 Å². The number of nitrogens with two attached hydrogens (primary N) is 1. The molecule has 104 valence electrons. The van der Waals surface area contributed by atoms with Crippen LogP contribution in [-0.2, 0) is 14.3 Å². The zero-order chi connectivity index (χ0) is 13.5. The van der Waals surface area contributed by atoms with Gasteiger partial charge in [0.05, 0.1) is 12.6 Å². The van der Waals surface area contributed by atoms with Gasteiger partial charge in [-0.25, -0.2) is 0 Å². The molecule has 18 heavy (non-hydrogen) atoms. The van der Waals surface area contributed by atoms with E-state index in [4.69, 9.17) is 10.5 Å². The molecule has 2 amide bonds.